The van der Waals surface area contributed by atoms with Gasteiger partial charge in [0.2, 0.25) is 0 Å². The Morgan fingerprint density at radius 2 is 2.09 bits per heavy atom. The molecule has 1 aromatic rings. The van der Waals surface area contributed by atoms with E-state index in [0.717, 1.165) is 0 Å². The topological polar surface area (TPSA) is 79.7 Å². The number of hydrogen-bond donors (Lipinski definition) is 1. The Balaban J connectivity index is 2.28. The lowest BCUT2D eigenvalue weighted by atomic mass is 9.77. The van der Waals surface area contributed by atoms with Gasteiger partial charge in [0.1, 0.15) is 5.60 Å². The summed E-state index contributed by atoms with van der Waals surface area (Å²) in [4.78, 5) is 29.6. The lowest BCUT2D eigenvalue weighted by Crippen LogP contribution is -2.38. The van der Waals surface area contributed by atoms with Crippen molar-refractivity contribution in [2.45, 2.75) is 38.7 Å². The highest BCUT2D eigenvalue weighted by molar-refractivity contribution is 5.76. The number of hydrogen-bond acceptors (Lipinski definition) is 4. The summed E-state index contributed by atoms with van der Waals surface area (Å²) in [6, 6.07) is 5.40. The van der Waals surface area contributed by atoms with Gasteiger partial charge in [-0.1, -0.05) is 13.0 Å². The highest BCUT2D eigenvalue weighted by Gasteiger charge is 2.51. The lowest BCUT2D eigenvalue weighted by molar-refractivity contribution is -0.142. The Labute approximate surface area is 130 Å². The van der Waals surface area contributed by atoms with Gasteiger partial charge in [0, 0.05) is 30.4 Å². The van der Waals surface area contributed by atoms with Crippen LogP contribution in [-0.4, -0.2) is 45.7 Å². The van der Waals surface area contributed by atoms with E-state index >= 15 is 0 Å². The van der Waals surface area contributed by atoms with E-state index in [1.165, 1.54) is 4.90 Å². The van der Waals surface area contributed by atoms with E-state index in [0.29, 0.717) is 5.69 Å². The second kappa shape index (κ2) is 5.59. The Morgan fingerprint density at radius 1 is 1.41 bits per heavy atom. The van der Waals surface area contributed by atoms with Crippen molar-refractivity contribution >= 4 is 12.1 Å². The number of nitrogens with zero attached hydrogens (tertiary/aromatic N) is 2. The number of likely N-dealkylation sites (tertiary alicyclic amines) is 1. The fraction of sp³-hybridized carbons (Fsp3) is 0.562. The van der Waals surface area contributed by atoms with Crippen molar-refractivity contribution in [2.24, 2.45) is 5.92 Å². The molecule has 2 atom stereocenters. The Bertz CT molecular complexity index is 567. The summed E-state index contributed by atoms with van der Waals surface area (Å²) >= 11 is 0. The maximum atomic E-state index is 12.2. The van der Waals surface area contributed by atoms with E-state index in [-0.39, 0.29) is 13.1 Å². The first-order chi connectivity index (χ1) is 10.1. The fourth-order valence-electron chi connectivity index (χ4n) is 2.77. The van der Waals surface area contributed by atoms with Gasteiger partial charge in [0.15, 0.2) is 0 Å². The van der Waals surface area contributed by atoms with Crippen molar-refractivity contribution in [1.82, 2.24) is 9.88 Å². The monoisotopic (exact) mass is 306 g/mol. The zero-order valence-electron chi connectivity index (χ0n) is 13.4. The molecule has 2 rings (SSSR count). The molecule has 22 heavy (non-hydrogen) atoms. The summed E-state index contributed by atoms with van der Waals surface area (Å²) < 4.78 is 5.35. The number of carbonyl (C=O) groups excluding carboxylic acids is 1. The van der Waals surface area contributed by atoms with Crippen molar-refractivity contribution in [3.8, 4) is 0 Å². The minimum Gasteiger partial charge on any atom is -0.481 e. The Morgan fingerprint density at radius 3 is 2.59 bits per heavy atom. The highest BCUT2D eigenvalue weighted by Crippen LogP contribution is 2.38. The van der Waals surface area contributed by atoms with Crippen LogP contribution in [0.3, 0.4) is 0 Å². The number of aliphatic carboxylic acids is 1. The van der Waals surface area contributed by atoms with E-state index in [4.69, 9.17) is 4.74 Å². The number of carbonyl (C=O) groups is 2. The number of rotatable bonds is 2. The fourth-order valence-corrected chi connectivity index (χ4v) is 2.77. The molecule has 6 nitrogen and oxygen atoms in total. The molecule has 1 fully saturated rings. The second-order valence-electron chi connectivity index (χ2n) is 6.88. The number of ether oxygens (including phenoxy) is 1. The van der Waals surface area contributed by atoms with Crippen LogP contribution >= 0.6 is 0 Å². The molecule has 1 saturated heterocycles. The SMILES string of the molecule is CC(C)(C)OC(=O)N1C[C@H](C(=O)O)[C@](C)(c2ccccn2)C1. The largest absolute Gasteiger partial charge is 0.481 e. The molecule has 0 spiro atoms. The normalized spacial score (nSPS) is 25.1. The molecule has 1 N–H and O–H groups in total. The zero-order chi connectivity index (χ0) is 16.5. The molecule has 6 heteroatoms. The molecule has 0 saturated carbocycles. The molecule has 0 unspecified atom stereocenters. The lowest BCUT2D eigenvalue weighted by Gasteiger charge is -2.28. The van der Waals surface area contributed by atoms with Crippen molar-refractivity contribution in [3.05, 3.63) is 30.1 Å². The van der Waals surface area contributed by atoms with Crippen LogP contribution in [0.4, 0.5) is 4.79 Å². The third-order valence-corrected chi connectivity index (χ3v) is 3.89. The quantitative estimate of drug-likeness (QED) is 0.907. The molecule has 2 heterocycles. The number of carboxylic acid groups (broad SMARTS) is 1. The van der Waals surface area contributed by atoms with Gasteiger partial charge in [-0.25, -0.2) is 4.79 Å². The highest BCUT2D eigenvalue weighted by atomic mass is 16.6. The van der Waals surface area contributed by atoms with Gasteiger partial charge in [-0.3, -0.25) is 9.78 Å². The van der Waals surface area contributed by atoms with Crippen LogP contribution in [-0.2, 0) is 14.9 Å². The Kier molecular flexibility index (Phi) is 4.13. The van der Waals surface area contributed by atoms with E-state index in [1.807, 2.05) is 13.0 Å². The van der Waals surface area contributed by atoms with Gasteiger partial charge < -0.3 is 14.7 Å². The molecular weight excluding hydrogens is 284 g/mol. The van der Waals surface area contributed by atoms with E-state index in [2.05, 4.69) is 4.98 Å². The minimum atomic E-state index is -0.931. The van der Waals surface area contributed by atoms with Crippen molar-refractivity contribution in [3.63, 3.8) is 0 Å². The maximum Gasteiger partial charge on any atom is 0.410 e. The molecule has 1 aliphatic rings. The molecule has 0 aliphatic carbocycles. The summed E-state index contributed by atoms with van der Waals surface area (Å²) in [6.45, 7) is 7.58. The molecule has 0 radical (unpaired) electrons. The van der Waals surface area contributed by atoms with Crippen LogP contribution in [0.5, 0.6) is 0 Å². The minimum absolute atomic E-state index is 0.122. The average Bonchev–Trinajstić information content (AvgIpc) is 2.78. The number of aromatic nitrogens is 1. The van der Waals surface area contributed by atoms with Crippen molar-refractivity contribution < 1.29 is 19.4 Å². The van der Waals surface area contributed by atoms with Gasteiger partial charge in [0.05, 0.1) is 5.92 Å². The van der Waals surface area contributed by atoms with Crippen LogP contribution in [0.1, 0.15) is 33.4 Å². The standard InChI is InChI=1S/C16H22N2O4/c1-15(2,3)22-14(21)18-9-11(13(19)20)16(4,10-18)12-7-5-6-8-17-12/h5-8,11H,9-10H2,1-4H3,(H,19,20)/t11-,16-/m1/s1. The average molecular weight is 306 g/mol. The first-order valence-corrected chi connectivity index (χ1v) is 7.26. The van der Waals surface area contributed by atoms with Gasteiger partial charge in [-0.2, -0.15) is 0 Å². The predicted molar refractivity (Wildman–Crippen MR) is 80.5 cm³/mol. The molecular formula is C16H22N2O4. The number of amides is 1. The smallest absolute Gasteiger partial charge is 0.410 e. The van der Waals surface area contributed by atoms with Gasteiger partial charge in [-0.15, -0.1) is 0 Å². The molecule has 0 aromatic carbocycles. The van der Waals surface area contributed by atoms with Gasteiger partial charge in [0.25, 0.3) is 0 Å². The van der Waals surface area contributed by atoms with Crippen LogP contribution < -0.4 is 0 Å². The molecule has 120 valence electrons. The van der Waals surface area contributed by atoms with E-state index in [1.54, 1.807) is 39.1 Å². The molecule has 1 aromatic heterocycles. The molecule has 1 aliphatic heterocycles. The second-order valence-corrected chi connectivity index (χ2v) is 6.88. The summed E-state index contributed by atoms with van der Waals surface area (Å²) in [5.74, 6) is -1.64. The molecule has 0 bridgehead atoms. The van der Waals surface area contributed by atoms with Gasteiger partial charge in [-0.05, 0) is 32.9 Å². The number of pyridine rings is 1. The third-order valence-electron chi connectivity index (χ3n) is 3.89. The predicted octanol–water partition coefficient (Wildman–Crippen LogP) is 2.29. The number of carboxylic acids is 1. The first kappa shape index (κ1) is 16.3. The van der Waals surface area contributed by atoms with Crippen molar-refractivity contribution in [1.29, 1.82) is 0 Å². The molecule has 1 amide bonds. The van der Waals surface area contributed by atoms with E-state index < -0.39 is 29.0 Å². The summed E-state index contributed by atoms with van der Waals surface area (Å²) in [7, 11) is 0. The first-order valence-electron chi connectivity index (χ1n) is 7.26. The van der Waals surface area contributed by atoms with Crippen LogP contribution in [0.2, 0.25) is 0 Å². The maximum absolute atomic E-state index is 12.2. The van der Waals surface area contributed by atoms with Crippen molar-refractivity contribution in [2.75, 3.05) is 13.1 Å². The van der Waals surface area contributed by atoms with E-state index in [9.17, 15) is 14.7 Å². The third kappa shape index (κ3) is 3.21. The Hall–Kier alpha value is -2.11. The summed E-state index contributed by atoms with van der Waals surface area (Å²) in [5, 5.41) is 9.54. The van der Waals surface area contributed by atoms with Crippen LogP contribution in [0, 0.1) is 5.92 Å². The zero-order valence-corrected chi connectivity index (χ0v) is 13.4. The van der Waals surface area contributed by atoms with Crippen LogP contribution in [0.15, 0.2) is 24.4 Å². The van der Waals surface area contributed by atoms with Crippen LogP contribution in [0.25, 0.3) is 0 Å². The summed E-state index contributed by atoms with van der Waals surface area (Å²) in [5.41, 5.74) is -0.669. The van der Waals surface area contributed by atoms with Gasteiger partial charge >= 0.3 is 12.1 Å². The summed E-state index contributed by atoms with van der Waals surface area (Å²) in [6.07, 6.45) is 1.15.